The lowest BCUT2D eigenvalue weighted by Gasteiger charge is -2.27. The maximum atomic E-state index is 16.6. The molecule has 0 aliphatic heterocycles. The SMILES string of the molecule is Fc1c(F)c(F)c(-c2c3c(F)c(F)c(F)c(F)c3c(-c3c(F)c(F)c(F)c(F)c3F)c3c(-c4c(F)c(F)c(F)c(F)c4F)c4c(F)c(F)c(F)c(F)c4c(-c4c(F)c(F)c(F)c(F)c4F)c23)c(F)c1F. The molecule has 0 unspecified atom stereocenters. The van der Waals surface area contributed by atoms with E-state index in [1.165, 1.54) is 0 Å². The summed E-state index contributed by atoms with van der Waals surface area (Å²) in [6.45, 7) is 0. The highest BCUT2D eigenvalue weighted by Crippen LogP contribution is 2.59. The van der Waals surface area contributed by atoms with Crippen molar-refractivity contribution in [2.24, 2.45) is 0 Å². The van der Waals surface area contributed by atoms with Gasteiger partial charge in [-0.25, -0.2) is 123 Å². The topological polar surface area (TPSA) is 0 Å². The van der Waals surface area contributed by atoms with E-state index in [0.29, 0.717) is 0 Å². The van der Waals surface area contributed by atoms with Gasteiger partial charge in [-0.15, -0.1) is 0 Å². The van der Waals surface area contributed by atoms with Crippen LogP contribution in [0.4, 0.5) is 123 Å². The summed E-state index contributed by atoms with van der Waals surface area (Å²) < 4.78 is 438. The van der Waals surface area contributed by atoms with Gasteiger partial charge in [-0.05, 0) is 0 Å². The van der Waals surface area contributed by atoms with Crippen LogP contribution in [0, 0.1) is 163 Å². The molecule has 0 atom stereocenters. The van der Waals surface area contributed by atoms with Gasteiger partial charge in [-0.3, -0.25) is 0 Å². The van der Waals surface area contributed by atoms with Gasteiger partial charge in [0, 0.05) is 54.6 Å². The third-order valence-electron chi connectivity index (χ3n) is 10.6. The normalized spacial score (nSPS) is 12.0. The fraction of sp³-hybridized carbons (Fsp3) is 0. The lowest BCUT2D eigenvalue weighted by molar-refractivity contribution is 0.381. The van der Waals surface area contributed by atoms with Crippen LogP contribution in [-0.4, -0.2) is 0 Å². The van der Waals surface area contributed by atoms with Crippen molar-refractivity contribution in [2.45, 2.75) is 0 Å². The van der Waals surface area contributed by atoms with Crippen LogP contribution in [0.2, 0.25) is 0 Å². The Bertz CT molecular complexity index is 3200. The van der Waals surface area contributed by atoms with Gasteiger partial charge in [0.25, 0.3) is 0 Å². The molecule has 8 aromatic rings. The van der Waals surface area contributed by atoms with Crippen LogP contribution in [0.5, 0.6) is 0 Å². The highest BCUT2D eigenvalue weighted by Gasteiger charge is 2.43. The van der Waals surface area contributed by atoms with E-state index in [4.69, 9.17) is 0 Å². The van der Waals surface area contributed by atoms with Crippen LogP contribution in [0.15, 0.2) is 0 Å². The third-order valence-corrected chi connectivity index (χ3v) is 10.6. The molecule has 0 heterocycles. The van der Waals surface area contributed by atoms with E-state index in [1.807, 2.05) is 0 Å². The van der Waals surface area contributed by atoms with Gasteiger partial charge in [0.1, 0.15) is 0 Å². The van der Waals surface area contributed by atoms with Crippen LogP contribution in [0.25, 0.3) is 76.8 Å². The molecule has 0 aromatic heterocycles. The zero-order valence-electron chi connectivity index (χ0n) is 31.6. The van der Waals surface area contributed by atoms with Crippen LogP contribution in [0.3, 0.4) is 0 Å². The van der Waals surface area contributed by atoms with Crippen molar-refractivity contribution < 1.29 is 123 Å². The zero-order valence-corrected chi connectivity index (χ0v) is 31.6. The molecular weight excluding hydrogens is 1040 g/mol. The van der Waals surface area contributed by atoms with E-state index >= 15 is 105 Å². The first kappa shape index (κ1) is 49.0. The van der Waals surface area contributed by atoms with E-state index in [0.717, 1.165) is 0 Å². The minimum atomic E-state index is -3.61. The Labute approximate surface area is 362 Å². The van der Waals surface area contributed by atoms with Crippen molar-refractivity contribution in [3.8, 4) is 44.5 Å². The quantitative estimate of drug-likeness (QED) is 0.0713. The molecule has 70 heavy (non-hydrogen) atoms. The van der Waals surface area contributed by atoms with Gasteiger partial charge in [0.2, 0.25) is 23.3 Å². The summed E-state index contributed by atoms with van der Waals surface area (Å²) >= 11 is 0. The standard InChI is InChI=1S/C42F28/c43-15-7-3(11-19(47)31(59)39(67)32(60)20(11)48)1-2(5(9(7)17(45)29(57)27(15)55)13-23(51)35(63)41(69)36(64)24(13)52)6(14-25(53)37(65)42(70)38(66)26(14)54)10-8(16(44)28(56)30(58)18(10)46)4(1)12-21(49)33(61)40(68)34(62)22(12)50. The first-order valence-electron chi connectivity index (χ1n) is 17.5. The predicted octanol–water partition coefficient (Wildman–Crippen LogP) is 15.7. The summed E-state index contributed by atoms with van der Waals surface area (Å²) in [6.07, 6.45) is 0. The van der Waals surface area contributed by atoms with E-state index < -0.39 is 240 Å². The van der Waals surface area contributed by atoms with Crippen molar-refractivity contribution in [2.75, 3.05) is 0 Å². The molecule has 0 aliphatic rings. The lowest BCUT2D eigenvalue weighted by atomic mass is 9.76. The highest BCUT2D eigenvalue weighted by molar-refractivity contribution is 6.34. The smallest absolute Gasteiger partial charge is 0.200 e. The summed E-state index contributed by atoms with van der Waals surface area (Å²) in [5.41, 5.74) is -26.0. The summed E-state index contributed by atoms with van der Waals surface area (Å²) in [5.74, 6) is -99.1. The van der Waals surface area contributed by atoms with E-state index in [9.17, 15) is 17.6 Å². The van der Waals surface area contributed by atoms with Crippen LogP contribution in [0.1, 0.15) is 0 Å². The number of benzene rings is 8. The molecule has 28 heteroatoms. The number of rotatable bonds is 4. The monoisotopic (exact) mass is 1040 g/mol. The van der Waals surface area contributed by atoms with E-state index in [2.05, 4.69) is 0 Å². The van der Waals surface area contributed by atoms with Crippen molar-refractivity contribution in [3.05, 3.63) is 163 Å². The Hall–Kier alpha value is -7.42. The summed E-state index contributed by atoms with van der Waals surface area (Å²) in [4.78, 5) is 0. The second kappa shape index (κ2) is 16.1. The molecule has 8 rings (SSSR count). The van der Waals surface area contributed by atoms with Crippen molar-refractivity contribution in [1.82, 2.24) is 0 Å². The Morgan fingerprint density at radius 1 is 0.0857 bits per heavy atom. The predicted molar refractivity (Wildman–Crippen MR) is 180 cm³/mol. The van der Waals surface area contributed by atoms with Crippen LogP contribution < -0.4 is 0 Å². The molecule has 8 aromatic carbocycles. The molecule has 0 amide bonds. The second-order valence-electron chi connectivity index (χ2n) is 14.0. The summed E-state index contributed by atoms with van der Waals surface area (Å²) in [6, 6.07) is 0. The van der Waals surface area contributed by atoms with Crippen LogP contribution in [-0.2, 0) is 0 Å². The Balaban J connectivity index is 2.07. The maximum Gasteiger partial charge on any atom is 0.200 e. The average molecular weight is 1040 g/mol. The van der Waals surface area contributed by atoms with Crippen molar-refractivity contribution in [1.29, 1.82) is 0 Å². The fourth-order valence-corrected chi connectivity index (χ4v) is 7.75. The third kappa shape index (κ3) is 6.05. The molecular formula is C42F28. The number of halogens is 28. The van der Waals surface area contributed by atoms with Gasteiger partial charge >= 0.3 is 0 Å². The number of hydrogen-bond donors (Lipinski definition) is 0. The molecule has 0 saturated heterocycles. The number of hydrogen-bond acceptors (Lipinski definition) is 0. The molecule has 0 aliphatic carbocycles. The zero-order chi connectivity index (χ0) is 52.2. The summed E-state index contributed by atoms with van der Waals surface area (Å²) in [5, 5.41) is -18.9. The lowest BCUT2D eigenvalue weighted by Crippen LogP contribution is -2.13. The minimum absolute atomic E-state index is 3.14. The van der Waals surface area contributed by atoms with Gasteiger partial charge in [0.15, 0.2) is 140 Å². The Morgan fingerprint density at radius 2 is 0.186 bits per heavy atom. The van der Waals surface area contributed by atoms with E-state index in [1.54, 1.807) is 0 Å². The Kier molecular flexibility index (Phi) is 11.3. The van der Waals surface area contributed by atoms with Crippen LogP contribution >= 0.6 is 0 Å². The van der Waals surface area contributed by atoms with Gasteiger partial charge in [-0.2, -0.15) is 0 Å². The molecule has 0 fully saturated rings. The first-order valence-corrected chi connectivity index (χ1v) is 17.5. The molecule has 0 bridgehead atoms. The van der Waals surface area contributed by atoms with Crippen molar-refractivity contribution >= 4 is 32.3 Å². The molecule has 0 spiro atoms. The Morgan fingerprint density at radius 3 is 0.314 bits per heavy atom. The molecule has 364 valence electrons. The fourth-order valence-electron chi connectivity index (χ4n) is 7.75. The van der Waals surface area contributed by atoms with Gasteiger partial charge < -0.3 is 0 Å². The number of fused-ring (bicyclic) bond motifs is 3. The molecule has 0 radical (unpaired) electrons. The average Bonchev–Trinajstić information content (AvgIpc) is 3.33. The molecule has 0 nitrogen and oxygen atoms in total. The maximum absolute atomic E-state index is 16.6. The van der Waals surface area contributed by atoms with Gasteiger partial charge in [0.05, 0.1) is 22.3 Å². The first-order chi connectivity index (χ1) is 32.5. The van der Waals surface area contributed by atoms with E-state index in [-0.39, 0.29) is 0 Å². The molecule has 0 N–H and O–H groups in total. The van der Waals surface area contributed by atoms with Crippen molar-refractivity contribution in [3.63, 3.8) is 0 Å². The summed E-state index contributed by atoms with van der Waals surface area (Å²) in [7, 11) is 0. The highest BCUT2D eigenvalue weighted by atomic mass is 19.2. The minimum Gasteiger partial charge on any atom is -0.203 e. The largest absolute Gasteiger partial charge is 0.203 e. The second-order valence-corrected chi connectivity index (χ2v) is 14.0. The van der Waals surface area contributed by atoms with Gasteiger partial charge in [-0.1, -0.05) is 0 Å². The molecule has 0 saturated carbocycles.